The van der Waals surface area contributed by atoms with Crippen molar-refractivity contribution in [3.8, 4) is 11.8 Å². The fourth-order valence-corrected chi connectivity index (χ4v) is 8.54. The normalized spacial score (nSPS) is 17.0. The van der Waals surface area contributed by atoms with Gasteiger partial charge in [-0.25, -0.2) is 13.6 Å². The van der Waals surface area contributed by atoms with E-state index in [-0.39, 0.29) is 42.6 Å². The van der Waals surface area contributed by atoms with Crippen LogP contribution < -0.4 is 25.0 Å². The van der Waals surface area contributed by atoms with Gasteiger partial charge < -0.3 is 34.6 Å². The van der Waals surface area contributed by atoms with Crippen LogP contribution in [0.15, 0.2) is 115 Å². The molecule has 1 aromatic heterocycles. The van der Waals surface area contributed by atoms with Gasteiger partial charge in [0.1, 0.15) is 37.1 Å². The third-order valence-electron chi connectivity index (χ3n) is 11.9. The highest BCUT2D eigenvalue weighted by Crippen LogP contribution is 2.49. The molecule has 1 spiro atoms. The number of hydrogen-bond donors (Lipinski definition) is 2. The van der Waals surface area contributed by atoms with Crippen molar-refractivity contribution in [2.24, 2.45) is 11.3 Å². The summed E-state index contributed by atoms with van der Waals surface area (Å²) in [4.78, 5) is 21.4. The molecule has 4 aromatic carbocycles. The van der Waals surface area contributed by atoms with E-state index < -0.39 is 11.6 Å². The Hall–Kier alpha value is -5.68. The molecule has 0 unspecified atom stereocenters. The quantitative estimate of drug-likeness (QED) is 0.115. The van der Waals surface area contributed by atoms with E-state index in [2.05, 4.69) is 20.5 Å². The Balaban J connectivity index is 0.809. The third kappa shape index (κ3) is 10.1. The number of aromatic nitrogens is 1. The summed E-state index contributed by atoms with van der Waals surface area (Å²) in [5, 5.41) is 6.08. The first-order chi connectivity index (χ1) is 28.4. The molecule has 2 aliphatic heterocycles. The predicted molar refractivity (Wildman–Crippen MR) is 221 cm³/mol. The van der Waals surface area contributed by atoms with Crippen molar-refractivity contribution < 1.29 is 27.8 Å². The van der Waals surface area contributed by atoms with Gasteiger partial charge in [0.2, 0.25) is 11.8 Å². The van der Waals surface area contributed by atoms with Crippen LogP contribution in [0.3, 0.4) is 0 Å². The molecule has 0 radical (unpaired) electrons. The summed E-state index contributed by atoms with van der Waals surface area (Å²) < 4.78 is 48.9. The molecule has 1 saturated carbocycles. The fourth-order valence-electron chi connectivity index (χ4n) is 8.54. The van der Waals surface area contributed by atoms with Crippen LogP contribution in [0.25, 0.3) is 0 Å². The summed E-state index contributed by atoms with van der Waals surface area (Å²) in [5.74, 6) is 0.0401. The fraction of sp³-hybridized carbons (Fsp3) is 0.362. The molecule has 302 valence electrons. The number of carbonyl (C=O) groups is 1. The summed E-state index contributed by atoms with van der Waals surface area (Å²) in [6.45, 7) is 5.32. The van der Waals surface area contributed by atoms with E-state index in [1.165, 1.54) is 12.1 Å². The van der Waals surface area contributed by atoms with E-state index in [1.54, 1.807) is 12.1 Å². The topological polar surface area (TPSA) is 88.2 Å². The Morgan fingerprint density at radius 2 is 1.31 bits per heavy atom. The highest BCUT2D eigenvalue weighted by molar-refractivity contribution is 5.68. The average Bonchev–Trinajstić information content (AvgIpc) is 3.25. The second-order valence-electron chi connectivity index (χ2n) is 16.0. The highest BCUT2D eigenvalue weighted by Gasteiger charge is 2.46. The van der Waals surface area contributed by atoms with Gasteiger partial charge >= 0.3 is 6.09 Å². The molecule has 2 saturated heterocycles. The number of ether oxygens (including phenoxy) is 3. The molecule has 3 fully saturated rings. The molecule has 2 N–H and O–H groups in total. The molecule has 8 rings (SSSR count). The lowest BCUT2D eigenvalue weighted by Gasteiger charge is -2.52. The number of amides is 1. The standard InChI is InChI=1S/C47H51F2N5O4/c48-39-27-43(40(49)26-42(39)51-41-16-17-44(56-31-35-10-4-1-5-11-35)52-45(41)57-32-36-12-6-2-7-13-36)54-22-18-34(19-23-54)30-53-24-20-47(21-25-53)28-38(29-47)50-46(55)58-33-37-14-8-3-9-15-37/h1-17,26-27,34,38,51H,18-25,28-33H2,(H,50,55). The predicted octanol–water partition coefficient (Wildman–Crippen LogP) is 9.65. The number of rotatable bonds is 14. The molecule has 3 heterocycles. The Bertz CT molecular complexity index is 2100. The number of pyridine rings is 1. The molecule has 1 aliphatic carbocycles. The summed E-state index contributed by atoms with van der Waals surface area (Å²) in [7, 11) is 0. The molecular formula is C47H51F2N5O4. The second kappa shape index (κ2) is 18.3. The monoisotopic (exact) mass is 787 g/mol. The van der Waals surface area contributed by atoms with Crippen molar-refractivity contribution in [3.63, 3.8) is 0 Å². The first-order valence-corrected chi connectivity index (χ1v) is 20.4. The summed E-state index contributed by atoms with van der Waals surface area (Å²) in [6.07, 6.45) is 5.79. The number of piperidine rings is 2. The molecule has 5 aromatic rings. The first kappa shape index (κ1) is 39.2. The van der Waals surface area contributed by atoms with Crippen LogP contribution in [-0.4, -0.2) is 54.7 Å². The van der Waals surface area contributed by atoms with Crippen LogP contribution in [-0.2, 0) is 24.6 Å². The number of halogens is 2. The minimum atomic E-state index is -0.559. The molecule has 3 aliphatic rings. The lowest BCUT2D eigenvalue weighted by Crippen LogP contribution is -2.55. The Morgan fingerprint density at radius 1 is 0.707 bits per heavy atom. The minimum Gasteiger partial charge on any atom is -0.473 e. The zero-order chi connectivity index (χ0) is 39.7. The molecule has 9 nitrogen and oxygen atoms in total. The van der Waals surface area contributed by atoms with Gasteiger partial charge in [-0.15, -0.1) is 0 Å². The Labute approximate surface area is 339 Å². The van der Waals surface area contributed by atoms with E-state index in [1.807, 2.05) is 95.9 Å². The van der Waals surface area contributed by atoms with E-state index in [9.17, 15) is 4.79 Å². The number of alkyl carbamates (subject to hydrolysis) is 1. The number of carbonyl (C=O) groups excluding carboxylic acids is 1. The van der Waals surface area contributed by atoms with E-state index in [0.717, 1.165) is 74.8 Å². The molecule has 58 heavy (non-hydrogen) atoms. The van der Waals surface area contributed by atoms with Crippen LogP contribution in [0.1, 0.15) is 55.2 Å². The van der Waals surface area contributed by atoms with Crippen LogP contribution >= 0.6 is 0 Å². The van der Waals surface area contributed by atoms with Gasteiger partial charge in [-0.2, -0.15) is 4.98 Å². The lowest BCUT2D eigenvalue weighted by molar-refractivity contribution is 0.000388. The van der Waals surface area contributed by atoms with E-state index >= 15 is 8.78 Å². The smallest absolute Gasteiger partial charge is 0.407 e. The van der Waals surface area contributed by atoms with Crippen LogP contribution in [0.4, 0.5) is 30.6 Å². The highest BCUT2D eigenvalue weighted by atomic mass is 19.1. The Morgan fingerprint density at radius 3 is 1.95 bits per heavy atom. The molecule has 0 atom stereocenters. The van der Waals surface area contributed by atoms with Gasteiger partial charge in [0.25, 0.3) is 0 Å². The number of nitrogens with one attached hydrogen (secondary N) is 2. The number of benzene rings is 4. The van der Waals surface area contributed by atoms with E-state index in [0.29, 0.717) is 42.6 Å². The number of likely N-dealkylation sites (tertiary alicyclic amines) is 1. The zero-order valence-electron chi connectivity index (χ0n) is 32.8. The van der Waals surface area contributed by atoms with Gasteiger partial charge in [-0.1, -0.05) is 91.0 Å². The van der Waals surface area contributed by atoms with Crippen molar-refractivity contribution in [2.45, 2.75) is 64.4 Å². The molecule has 11 heteroatoms. The van der Waals surface area contributed by atoms with Gasteiger partial charge in [0.15, 0.2) is 0 Å². The molecule has 1 amide bonds. The number of nitrogens with zero attached hydrogens (tertiary/aromatic N) is 3. The van der Waals surface area contributed by atoms with Gasteiger partial charge in [-0.3, -0.25) is 0 Å². The largest absolute Gasteiger partial charge is 0.473 e. The van der Waals surface area contributed by atoms with Crippen molar-refractivity contribution in [2.75, 3.05) is 42.9 Å². The molecular weight excluding hydrogens is 737 g/mol. The van der Waals surface area contributed by atoms with Crippen molar-refractivity contribution in [1.82, 2.24) is 15.2 Å². The van der Waals surface area contributed by atoms with Crippen molar-refractivity contribution >= 4 is 23.2 Å². The zero-order valence-corrected chi connectivity index (χ0v) is 32.8. The van der Waals surface area contributed by atoms with Crippen molar-refractivity contribution in [3.05, 3.63) is 144 Å². The Kier molecular flexibility index (Phi) is 12.3. The number of hydrogen-bond acceptors (Lipinski definition) is 8. The maximum Gasteiger partial charge on any atom is 0.407 e. The van der Waals surface area contributed by atoms with Crippen molar-refractivity contribution in [1.29, 1.82) is 0 Å². The van der Waals surface area contributed by atoms with Gasteiger partial charge in [0, 0.05) is 43.9 Å². The average molecular weight is 788 g/mol. The third-order valence-corrected chi connectivity index (χ3v) is 11.9. The molecule has 0 bridgehead atoms. The maximum atomic E-state index is 15.7. The second-order valence-corrected chi connectivity index (χ2v) is 16.0. The van der Waals surface area contributed by atoms with Crippen LogP contribution in [0.5, 0.6) is 11.8 Å². The van der Waals surface area contributed by atoms with Crippen LogP contribution in [0.2, 0.25) is 0 Å². The van der Waals surface area contributed by atoms with E-state index in [4.69, 9.17) is 14.2 Å². The summed E-state index contributed by atoms with van der Waals surface area (Å²) in [6, 6.07) is 35.3. The van der Waals surface area contributed by atoms with Gasteiger partial charge in [0.05, 0.1) is 11.4 Å². The summed E-state index contributed by atoms with van der Waals surface area (Å²) in [5.41, 5.74) is 3.90. The summed E-state index contributed by atoms with van der Waals surface area (Å²) >= 11 is 0. The maximum absolute atomic E-state index is 15.7. The minimum absolute atomic E-state index is 0.000114. The lowest BCUT2D eigenvalue weighted by atomic mass is 9.60. The SMILES string of the molecule is O=C(NC1CC2(CCN(CC3CCN(c4cc(F)c(Nc5ccc(OCc6ccccc6)nc5OCc5ccccc5)cc4F)CC3)CC2)C1)OCc1ccccc1. The van der Waals surface area contributed by atoms with Crippen LogP contribution in [0, 0.1) is 23.0 Å². The van der Waals surface area contributed by atoms with Gasteiger partial charge in [-0.05, 0) is 85.7 Å². The number of anilines is 3. The first-order valence-electron chi connectivity index (χ1n) is 20.4.